The van der Waals surface area contributed by atoms with Gasteiger partial charge in [0.05, 0.1) is 6.61 Å². The standard InChI is InChI=1S/C11H24N2OS/c1-6-7-11(3,4)13-10(15)12-9(2)8-14-5/h9H,6-8H2,1-5H3,(H2,12,13,15). The third-order valence-corrected chi connectivity index (χ3v) is 2.34. The molecule has 0 aromatic carbocycles. The van der Waals surface area contributed by atoms with Gasteiger partial charge in [0.2, 0.25) is 0 Å². The number of ether oxygens (including phenoxy) is 1. The molecule has 0 saturated carbocycles. The second-order valence-corrected chi connectivity index (χ2v) is 5.00. The first-order chi connectivity index (χ1) is 6.91. The smallest absolute Gasteiger partial charge is 0.166 e. The minimum atomic E-state index is 0.0611. The molecule has 0 bridgehead atoms. The number of hydrogen-bond acceptors (Lipinski definition) is 2. The average molecular weight is 232 g/mol. The maximum Gasteiger partial charge on any atom is 0.166 e. The molecule has 0 aliphatic carbocycles. The Morgan fingerprint density at radius 3 is 2.53 bits per heavy atom. The van der Waals surface area contributed by atoms with Crippen molar-refractivity contribution in [3.63, 3.8) is 0 Å². The summed E-state index contributed by atoms with van der Waals surface area (Å²) in [4.78, 5) is 0. The minimum absolute atomic E-state index is 0.0611. The Morgan fingerprint density at radius 2 is 2.07 bits per heavy atom. The normalized spacial score (nSPS) is 13.4. The molecule has 0 rings (SSSR count). The Labute approximate surface area is 99.0 Å². The van der Waals surface area contributed by atoms with Gasteiger partial charge in [0.15, 0.2) is 5.11 Å². The number of hydrogen-bond donors (Lipinski definition) is 2. The van der Waals surface area contributed by atoms with E-state index in [1.54, 1.807) is 7.11 Å². The van der Waals surface area contributed by atoms with Gasteiger partial charge in [-0.05, 0) is 39.4 Å². The molecule has 1 unspecified atom stereocenters. The summed E-state index contributed by atoms with van der Waals surface area (Å²) in [6.07, 6.45) is 2.25. The first kappa shape index (κ1) is 14.6. The van der Waals surface area contributed by atoms with E-state index < -0.39 is 0 Å². The number of rotatable bonds is 6. The maximum absolute atomic E-state index is 5.23. The topological polar surface area (TPSA) is 33.3 Å². The second-order valence-electron chi connectivity index (χ2n) is 4.59. The van der Waals surface area contributed by atoms with Crippen LogP contribution < -0.4 is 10.6 Å². The summed E-state index contributed by atoms with van der Waals surface area (Å²) in [7, 11) is 1.69. The van der Waals surface area contributed by atoms with Crippen LogP contribution in [0, 0.1) is 0 Å². The summed E-state index contributed by atoms with van der Waals surface area (Å²) in [5, 5.41) is 7.21. The average Bonchev–Trinajstić information content (AvgIpc) is 2.01. The van der Waals surface area contributed by atoms with Crippen molar-refractivity contribution in [2.24, 2.45) is 0 Å². The number of nitrogens with one attached hydrogen (secondary N) is 2. The van der Waals surface area contributed by atoms with E-state index in [9.17, 15) is 0 Å². The molecule has 0 aliphatic rings. The van der Waals surface area contributed by atoms with Crippen LogP contribution >= 0.6 is 12.2 Å². The lowest BCUT2D eigenvalue weighted by Crippen LogP contribution is -2.51. The Kier molecular flexibility index (Phi) is 6.85. The van der Waals surface area contributed by atoms with Crippen molar-refractivity contribution >= 4 is 17.3 Å². The lowest BCUT2D eigenvalue weighted by atomic mass is 9.99. The summed E-state index contributed by atoms with van der Waals surface area (Å²) in [6, 6.07) is 0.243. The monoisotopic (exact) mass is 232 g/mol. The molecule has 2 N–H and O–H groups in total. The first-order valence-corrected chi connectivity index (χ1v) is 5.89. The lowest BCUT2D eigenvalue weighted by Gasteiger charge is -2.28. The van der Waals surface area contributed by atoms with Crippen molar-refractivity contribution in [3.8, 4) is 0 Å². The highest BCUT2D eigenvalue weighted by molar-refractivity contribution is 7.80. The van der Waals surface area contributed by atoms with Gasteiger partial charge in [0, 0.05) is 18.7 Å². The summed E-state index contributed by atoms with van der Waals surface area (Å²) < 4.78 is 5.03. The summed E-state index contributed by atoms with van der Waals surface area (Å²) in [5.74, 6) is 0. The molecule has 0 radical (unpaired) electrons. The van der Waals surface area contributed by atoms with Crippen LogP contribution in [0.5, 0.6) is 0 Å². The number of thiocarbonyl (C=S) groups is 1. The van der Waals surface area contributed by atoms with Gasteiger partial charge in [-0.2, -0.15) is 0 Å². The van der Waals surface area contributed by atoms with Crippen molar-refractivity contribution in [1.29, 1.82) is 0 Å². The molecule has 0 aromatic rings. The Morgan fingerprint density at radius 1 is 1.47 bits per heavy atom. The molecule has 15 heavy (non-hydrogen) atoms. The summed E-state index contributed by atoms with van der Waals surface area (Å²) in [5.41, 5.74) is 0.0611. The zero-order valence-electron chi connectivity index (χ0n) is 10.5. The van der Waals surface area contributed by atoms with Crippen LogP contribution in [-0.4, -0.2) is 30.4 Å². The maximum atomic E-state index is 5.23. The van der Waals surface area contributed by atoms with Gasteiger partial charge in [-0.25, -0.2) is 0 Å². The van der Waals surface area contributed by atoms with Crippen molar-refractivity contribution in [2.75, 3.05) is 13.7 Å². The van der Waals surface area contributed by atoms with Crippen molar-refractivity contribution < 1.29 is 4.74 Å². The van der Waals surface area contributed by atoms with Crippen LogP contribution in [0.3, 0.4) is 0 Å². The molecule has 0 aromatic heterocycles. The molecule has 0 heterocycles. The molecule has 0 saturated heterocycles. The van der Waals surface area contributed by atoms with Gasteiger partial charge in [0.1, 0.15) is 0 Å². The van der Waals surface area contributed by atoms with E-state index in [2.05, 4.69) is 31.4 Å². The third kappa shape index (κ3) is 7.56. The predicted octanol–water partition coefficient (Wildman–Crippen LogP) is 2.06. The first-order valence-electron chi connectivity index (χ1n) is 5.49. The van der Waals surface area contributed by atoms with Crippen LogP contribution in [-0.2, 0) is 4.74 Å². The summed E-state index contributed by atoms with van der Waals surface area (Å²) >= 11 is 5.23. The van der Waals surface area contributed by atoms with E-state index in [0.29, 0.717) is 11.7 Å². The van der Waals surface area contributed by atoms with E-state index in [-0.39, 0.29) is 11.6 Å². The Hall–Kier alpha value is -0.350. The Bertz CT molecular complexity index is 195. The van der Waals surface area contributed by atoms with Crippen molar-refractivity contribution in [3.05, 3.63) is 0 Å². The van der Waals surface area contributed by atoms with Crippen LogP contribution in [0.4, 0.5) is 0 Å². The van der Waals surface area contributed by atoms with Gasteiger partial charge in [-0.3, -0.25) is 0 Å². The molecule has 1 atom stereocenters. The fraction of sp³-hybridized carbons (Fsp3) is 0.909. The van der Waals surface area contributed by atoms with E-state index >= 15 is 0 Å². The second kappa shape index (κ2) is 7.01. The zero-order chi connectivity index (χ0) is 11.9. The predicted molar refractivity (Wildman–Crippen MR) is 69.2 cm³/mol. The SMILES string of the molecule is CCCC(C)(C)NC(=S)NC(C)COC. The van der Waals surface area contributed by atoms with Gasteiger partial charge in [-0.15, -0.1) is 0 Å². The Balaban J connectivity index is 3.91. The van der Waals surface area contributed by atoms with Gasteiger partial charge >= 0.3 is 0 Å². The largest absolute Gasteiger partial charge is 0.383 e. The molecule has 4 heteroatoms. The molecule has 0 amide bonds. The van der Waals surface area contributed by atoms with E-state index in [1.807, 2.05) is 6.92 Å². The molecule has 90 valence electrons. The van der Waals surface area contributed by atoms with Gasteiger partial charge < -0.3 is 15.4 Å². The fourth-order valence-corrected chi connectivity index (χ4v) is 2.02. The molecular weight excluding hydrogens is 208 g/mol. The third-order valence-electron chi connectivity index (χ3n) is 2.12. The van der Waals surface area contributed by atoms with E-state index in [0.717, 1.165) is 12.8 Å². The highest BCUT2D eigenvalue weighted by Crippen LogP contribution is 2.10. The van der Waals surface area contributed by atoms with Crippen molar-refractivity contribution in [2.45, 2.75) is 52.1 Å². The van der Waals surface area contributed by atoms with Gasteiger partial charge in [0.25, 0.3) is 0 Å². The highest BCUT2D eigenvalue weighted by Gasteiger charge is 2.17. The molecular formula is C11H24N2OS. The van der Waals surface area contributed by atoms with Crippen LogP contribution in [0.15, 0.2) is 0 Å². The van der Waals surface area contributed by atoms with E-state index in [1.165, 1.54) is 0 Å². The van der Waals surface area contributed by atoms with E-state index in [4.69, 9.17) is 17.0 Å². The molecule has 0 aliphatic heterocycles. The summed E-state index contributed by atoms with van der Waals surface area (Å²) in [6.45, 7) is 9.20. The van der Waals surface area contributed by atoms with Crippen LogP contribution in [0.25, 0.3) is 0 Å². The van der Waals surface area contributed by atoms with Crippen LogP contribution in [0.1, 0.15) is 40.5 Å². The molecule has 0 fully saturated rings. The molecule has 3 nitrogen and oxygen atoms in total. The highest BCUT2D eigenvalue weighted by atomic mass is 32.1. The lowest BCUT2D eigenvalue weighted by molar-refractivity contribution is 0.179. The molecule has 0 spiro atoms. The zero-order valence-corrected chi connectivity index (χ0v) is 11.3. The van der Waals surface area contributed by atoms with Crippen molar-refractivity contribution in [1.82, 2.24) is 10.6 Å². The minimum Gasteiger partial charge on any atom is -0.383 e. The van der Waals surface area contributed by atoms with Gasteiger partial charge in [-0.1, -0.05) is 13.3 Å². The van der Waals surface area contributed by atoms with Crippen LogP contribution in [0.2, 0.25) is 0 Å². The number of methoxy groups -OCH3 is 1. The fourth-order valence-electron chi connectivity index (χ4n) is 1.55. The quantitative estimate of drug-likeness (QED) is 0.687.